The fourth-order valence-electron chi connectivity index (χ4n) is 3.51. The lowest BCUT2D eigenvalue weighted by molar-refractivity contribution is 0.461. The molecule has 0 aliphatic carbocycles. The second-order valence-corrected chi connectivity index (χ2v) is 7.87. The van der Waals surface area contributed by atoms with Gasteiger partial charge >= 0.3 is 5.56 Å². The van der Waals surface area contributed by atoms with Gasteiger partial charge in [0.05, 0.1) is 5.52 Å². The molecule has 0 radical (unpaired) electrons. The first-order chi connectivity index (χ1) is 9.77. The zero-order valence-corrected chi connectivity index (χ0v) is 12.2. The Morgan fingerprint density at radius 2 is 1.95 bits per heavy atom. The largest absolute Gasteiger partial charge is 0.503 e. The lowest BCUT2D eigenvalue weighted by Gasteiger charge is -2.20. The lowest BCUT2D eigenvalue weighted by Crippen LogP contribution is -2.29. The Kier molecular flexibility index (Phi) is 2.81. The summed E-state index contributed by atoms with van der Waals surface area (Å²) in [6, 6.07) is 6.03. The minimum atomic E-state index is -0.0476. The van der Waals surface area contributed by atoms with E-state index in [9.17, 15) is 9.90 Å². The molecule has 1 fully saturated rings. The number of nitrogens with zero attached hydrogens (tertiary/aromatic N) is 1. The van der Waals surface area contributed by atoms with E-state index in [0.717, 1.165) is 41.8 Å². The monoisotopic (exact) mass is 288 g/mol. The molecule has 4 heteroatoms. The second kappa shape index (κ2) is 4.55. The van der Waals surface area contributed by atoms with Crippen LogP contribution in [0.4, 0.5) is 0 Å². The van der Waals surface area contributed by atoms with Crippen molar-refractivity contribution in [1.29, 1.82) is 0 Å². The number of rotatable bonds is 1. The van der Waals surface area contributed by atoms with Crippen LogP contribution in [0.5, 0.6) is 5.75 Å². The molecule has 0 unspecified atom stereocenters. The molecule has 2 aromatic rings. The summed E-state index contributed by atoms with van der Waals surface area (Å²) in [6.45, 7) is 0.789. The summed E-state index contributed by atoms with van der Waals surface area (Å²) in [5.41, 5.74) is 2.22. The first-order valence-corrected chi connectivity index (χ1v) is 8.88. The van der Waals surface area contributed by atoms with Gasteiger partial charge < -0.3 is 9.67 Å². The predicted molar refractivity (Wildman–Crippen MR) is 82.8 cm³/mol. The minimum Gasteiger partial charge on any atom is -0.503 e. The van der Waals surface area contributed by atoms with Crippen molar-refractivity contribution in [2.75, 3.05) is 11.5 Å². The molecule has 3 heterocycles. The maximum absolute atomic E-state index is 12.8. The average Bonchev–Trinajstić information content (AvgIpc) is 2.99. The molecular formula is C16H18NO2S+. The third kappa shape index (κ3) is 1.64. The van der Waals surface area contributed by atoms with Crippen LogP contribution in [0.2, 0.25) is 0 Å². The maximum atomic E-state index is 12.8. The smallest absolute Gasteiger partial charge is 0.310 e. The molecule has 4 rings (SSSR count). The highest BCUT2D eigenvalue weighted by Crippen LogP contribution is 2.36. The van der Waals surface area contributed by atoms with Gasteiger partial charge in [0, 0.05) is 22.8 Å². The Labute approximate surface area is 120 Å². The molecule has 1 saturated heterocycles. The van der Waals surface area contributed by atoms with Gasteiger partial charge in [-0.25, -0.2) is 0 Å². The van der Waals surface area contributed by atoms with Gasteiger partial charge in [-0.3, -0.25) is 4.79 Å². The first kappa shape index (κ1) is 12.3. The molecule has 2 aliphatic rings. The van der Waals surface area contributed by atoms with E-state index < -0.39 is 0 Å². The normalized spacial score (nSPS) is 18.8. The summed E-state index contributed by atoms with van der Waals surface area (Å²) < 4.78 is 1.91. The first-order valence-electron chi connectivity index (χ1n) is 7.32. The summed E-state index contributed by atoms with van der Waals surface area (Å²) in [5.74, 6) is 2.39. The standard InChI is InChI=1S/C16H17NO2S/c18-14-12-7-3-5-11-6-4-8-17(13(11)12)16(19)15(14)20-9-1-2-10-20/h3,5,7H,1-2,4,6,8-10H2/p+1. The third-order valence-electron chi connectivity index (χ3n) is 4.45. The summed E-state index contributed by atoms with van der Waals surface area (Å²) in [4.78, 5) is 13.5. The Bertz CT molecular complexity index is 744. The van der Waals surface area contributed by atoms with Crippen LogP contribution >= 0.6 is 0 Å². The number of hydrogen-bond acceptors (Lipinski definition) is 2. The fourth-order valence-corrected chi connectivity index (χ4v) is 5.97. The Balaban J connectivity index is 2.09. The molecule has 0 saturated carbocycles. The molecule has 0 spiro atoms. The number of hydrogen-bond donors (Lipinski definition) is 1. The third-order valence-corrected chi connectivity index (χ3v) is 6.96. The van der Waals surface area contributed by atoms with Crippen molar-refractivity contribution in [3.05, 3.63) is 34.1 Å². The number of aromatic nitrogens is 1. The second-order valence-electron chi connectivity index (χ2n) is 5.66. The van der Waals surface area contributed by atoms with Crippen molar-refractivity contribution >= 4 is 21.8 Å². The highest BCUT2D eigenvalue weighted by molar-refractivity contribution is 7.97. The molecular weight excluding hydrogens is 270 g/mol. The molecule has 1 aromatic heterocycles. The molecule has 3 nitrogen and oxygen atoms in total. The molecule has 0 bridgehead atoms. The van der Waals surface area contributed by atoms with Gasteiger partial charge in [0.1, 0.15) is 11.5 Å². The minimum absolute atomic E-state index is 0.0476. The Morgan fingerprint density at radius 1 is 1.15 bits per heavy atom. The van der Waals surface area contributed by atoms with Crippen LogP contribution < -0.4 is 5.56 Å². The maximum Gasteiger partial charge on any atom is 0.310 e. The van der Waals surface area contributed by atoms with Gasteiger partial charge in [-0.2, -0.15) is 0 Å². The van der Waals surface area contributed by atoms with E-state index in [1.165, 1.54) is 18.4 Å². The zero-order valence-electron chi connectivity index (χ0n) is 11.4. The number of para-hydroxylation sites is 1. The van der Waals surface area contributed by atoms with Crippen LogP contribution in [-0.2, 0) is 23.9 Å². The van der Waals surface area contributed by atoms with Crippen molar-refractivity contribution < 1.29 is 5.11 Å². The molecule has 2 aliphatic heterocycles. The van der Waals surface area contributed by atoms with E-state index in [-0.39, 0.29) is 22.2 Å². The quantitative estimate of drug-likeness (QED) is 0.819. The van der Waals surface area contributed by atoms with Gasteiger partial charge in [0.15, 0.2) is 5.75 Å². The van der Waals surface area contributed by atoms with E-state index in [2.05, 4.69) is 6.07 Å². The fraction of sp³-hybridized carbons (Fsp3) is 0.438. The van der Waals surface area contributed by atoms with Gasteiger partial charge in [-0.15, -0.1) is 0 Å². The van der Waals surface area contributed by atoms with E-state index >= 15 is 0 Å². The number of pyridine rings is 1. The summed E-state index contributed by atoms with van der Waals surface area (Å²) >= 11 is 0. The van der Waals surface area contributed by atoms with Crippen molar-refractivity contribution in [1.82, 2.24) is 4.57 Å². The van der Waals surface area contributed by atoms with Crippen molar-refractivity contribution in [3.8, 4) is 5.75 Å². The van der Waals surface area contributed by atoms with E-state index in [1.807, 2.05) is 16.7 Å². The van der Waals surface area contributed by atoms with E-state index in [4.69, 9.17) is 0 Å². The summed E-state index contributed by atoms with van der Waals surface area (Å²) in [7, 11) is -0.0476. The highest BCUT2D eigenvalue weighted by Gasteiger charge is 2.35. The van der Waals surface area contributed by atoms with Gasteiger partial charge in [0.25, 0.3) is 4.90 Å². The van der Waals surface area contributed by atoms with E-state index in [1.54, 1.807) is 0 Å². The van der Waals surface area contributed by atoms with Crippen molar-refractivity contribution in [3.63, 3.8) is 0 Å². The van der Waals surface area contributed by atoms with Gasteiger partial charge in [-0.05, 0) is 37.3 Å². The highest BCUT2D eigenvalue weighted by atomic mass is 32.2. The van der Waals surface area contributed by atoms with Crippen molar-refractivity contribution in [2.45, 2.75) is 37.1 Å². The van der Waals surface area contributed by atoms with Crippen LogP contribution in [0.3, 0.4) is 0 Å². The van der Waals surface area contributed by atoms with Crippen molar-refractivity contribution in [2.24, 2.45) is 0 Å². The summed E-state index contributed by atoms with van der Waals surface area (Å²) in [6.07, 6.45) is 4.38. The van der Waals surface area contributed by atoms with Crippen LogP contribution in [-0.4, -0.2) is 21.2 Å². The molecule has 1 aromatic carbocycles. The molecule has 104 valence electrons. The average molecular weight is 288 g/mol. The van der Waals surface area contributed by atoms with Gasteiger partial charge in [-0.1, -0.05) is 12.1 Å². The Morgan fingerprint density at radius 3 is 2.75 bits per heavy atom. The number of aromatic hydroxyl groups is 1. The predicted octanol–water partition coefficient (Wildman–Crippen LogP) is 2.42. The molecule has 20 heavy (non-hydrogen) atoms. The van der Waals surface area contributed by atoms with Crippen LogP contribution in [0, 0.1) is 0 Å². The number of benzene rings is 1. The van der Waals surface area contributed by atoms with E-state index in [0.29, 0.717) is 4.90 Å². The lowest BCUT2D eigenvalue weighted by atomic mass is 10.0. The summed E-state index contributed by atoms with van der Waals surface area (Å²) in [5, 5.41) is 11.5. The van der Waals surface area contributed by atoms with Crippen LogP contribution in [0.1, 0.15) is 24.8 Å². The zero-order chi connectivity index (χ0) is 13.7. The Hall–Kier alpha value is -1.42. The molecule has 1 N–H and O–H groups in total. The molecule has 0 atom stereocenters. The topological polar surface area (TPSA) is 42.2 Å². The number of aryl methyl sites for hydroxylation is 2. The van der Waals surface area contributed by atoms with Gasteiger partial charge in [0.2, 0.25) is 0 Å². The van der Waals surface area contributed by atoms with Crippen LogP contribution in [0.25, 0.3) is 10.9 Å². The SMILES string of the molecule is O=c1c([S+]2CCCC2)c(O)c2cccc3c2n1CCC3. The molecule has 0 amide bonds. The van der Waals surface area contributed by atoms with Crippen LogP contribution in [0.15, 0.2) is 27.9 Å².